The maximum absolute atomic E-state index is 12.0. The van der Waals surface area contributed by atoms with E-state index < -0.39 is 0 Å². The van der Waals surface area contributed by atoms with Crippen molar-refractivity contribution in [2.45, 2.75) is 26.7 Å². The molecular formula is C14H16N2OS. The molecule has 0 radical (unpaired) electrons. The number of hydrogen-bond donors (Lipinski definition) is 1. The fraction of sp³-hybridized carbons (Fsp3) is 0.286. The Kier molecular flexibility index (Phi) is 3.77. The van der Waals surface area contributed by atoms with Gasteiger partial charge in [-0.15, -0.1) is 11.3 Å². The minimum atomic E-state index is -0.111. The molecule has 0 saturated carbocycles. The number of anilines is 1. The number of thiazole rings is 1. The number of amides is 1. The average Bonchev–Trinajstić information content (AvgIpc) is 2.75. The van der Waals surface area contributed by atoms with E-state index in [1.807, 2.05) is 31.2 Å². The van der Waals surface area contributed by atoms with Gasteiger partial charge in [0.2, 0.25) is 0 Å². The Morgan fingerprint density at radius 2 is 1.94 bits per heavy atom. The van der Waals surface area contributed by atoms with Crippen molar-refractivity contribution in [3.63, 3.8) is 0 Å². The van der Waals surface area contributed by atoms with E-state index in [9.17, 15) is 4.79 Å². The predicted octanol–water partition coefficient (Wildman–Crippen LogP) is 3.83. The van der Waals surface area contributed by atoms with Crippen LogP contribution in [0.3, 0.4) is 0 Å². The zero-order chi connectivity index (χ0) is 13.1. The summed E-state index contributed by atoms with van der Waals surface area (Å²) in [6.07, 6.45) is 1.75. The molecular weight excluding hydrogens is 244 g/mol. The molecule has 0 aliphatic carbocycles. The Hall–Kier alpha value is -1.68. The fourth-order valence-corrected chi connectivity index (χ4v) is 2.26. The van der Waals surface area contributed by atoms with Gasteiger partial charge in [0.05, 0.1) is 0 Å². The predicted molar refractivity (Wildman–Crippen MR) is 75.3 cm³/mol. The second-order valence-electron chi connectivity index (χ2n) is 4.51. The summed E-state index contributed by atoms with van der Waals surface area (Å²) < 4.78 is 0. The number of benzene rings is 1. The number of rotatable bonds is 3. The zero-order valence-electron chi connectivity index (χ0n) is 10.7. The lowest BCUT2D eigenvalue weighted by Crippen LogP contribution is -2.11. The SMILES string of the molecule is Cc1cnc(NC(=O)c2ccc(C(C)C)cc2)s1. The summed E-state index contributed by atoms with van der Waals surface area (Å²) in [6, 6.07) is 7.69. The van der Waals surface area contributed by atoms with Crippen molar-refractivity contribution in [3.05, 3.63) is 46.5 Å². The summed E-state index contributed by atoms with van der Waals surface area (Å²) in [7, 11) is 0. The number of carbonyl (C=O) groups is 1. The van der Waals surface area contributed by atoms with Gasteiger partial charge in [0.1, 0.15) is 0 Å². The lowest BCUT2D eigenvalue weighted by atomic mass is 10.0. The fourth-order valence-electron chi connectivity index (χ4n) is 1.60. The maximum atomic E-state index is 12.0. The van der Waals surface area contributed by atoms with Crippen LogP contribution in [0.5, 0.6) is 0 Å². The highest BCUT2D eigenvalue weighted by atomic mass is 32.1. The van der Waals surface area contributed by atoms with Crippen LogP contribution in [0.15, 0.2) is 30.5 Å². The van der Waals surface area contributed by atoms with Crippen molar-refractivity contribution >= 4 is 22.4 Å². The van der Waals surface area contributed by atoms with Crippen molar-refractivity contribution in [2.24, 2.45) is 0 Å². The molecule has 1 N–H and O–H groups in total. The molecule has 0 saturated heterocycles. The third-order valence-electron chi connectivity index (χ3n) is 2.68. The second kappa shape index (κ2) is 5.31. The molecule has 94 valence electrons. The highest BCUT2D eigenvalue weighted by molar-refractivity contribution is 7.15. The molecule has 3 nitrogen and oxygen atoms in total. The van der Waals surface area contributed by atoms with Crippen molar-refractivity contribution in [1.82, 2.24) is 4.98 Å². The van der Waals surface area contributed by atoms with Crippen LogP contribution in [0.25, 0.3) is 0 Å². The van der Waals surface area contributed by atoms with E-state index in [1.54, 1.807) is 6.20 Å². The molecule has 18 heavy (non-hydrogen) atoms. The van der Waals surface area contributed by atoms with E-state index in [0.29, 0.717) is 16.6 Å². The van der Waals surface area contributed by atoms with E-state index >= 15 is 0 Å². The van der Waals surface area contributed by atoms with Crippen LogP contribution in [0.4, 0.5) is 5.13 Å². The molecule has 0 spiro atoms. The first-order valence-corrected chi connectivity index (χ1v) is 6.71. The Bertz CT molecular complexity index is 543. The third kappa shape index (κ3) is 2.96. The van der Waals surface area contributed by atoms with E-state index in [-0.39, 0.29) is 5.91 Å². The minimum Gasteiger partial charge on any atom is -0.298 e. The van der Waals surface area contributed by atoms with Gasteiger partial charge in [-0.2, -0.15) is 0 Å². The summed E-state index contributed by atoms with van der Waals surface area (Å²) in [4.78, 5) is 17.2. The number of carbonyl (C=O) groups excluding carboxylic acids is 1. The van der Waals surface area contributed by atoms with Crippen LogP contribution in [0.2, 0.25) is 0 Å². The number of hydrogen-bond acceptors (Lipinski definition) is 3. The molecule has 0 atom stereocenters. The van der Waals surface area contributed by atoms with Gasteiger partial charge in [0.25, 0.3) is 5.91 Å². The molecule has 0 unspecified atom stereocenters. The molecule has 1 heterocycles. The van der Waals surface area contributed by atoms with Crippen molar-refractivity contribution in [2.75, 3.05) is 5.32 Å². The molecule has 0 fully saturated rings. The first-order valence-electron chi connectivity index (χ1n) is 5.90. The Morgan fingerprint density at radius 3 is 2.44 bits per heavy atom. The van der Waals surface area contributed by atoms with Crippen LogP contribution in [-0.4, -0.2) is 10.9 Å². The lowest BCUT2D eigenvalue weighted by Gasteiger charge is -2.06. The van der Waals surface area contributed by atoms with Gasteiger partial charge >= 0.3 is 0 Å². The normalized spacial score (nSPS) is 10.7. The largest absolute Gasteiger partial charge is 0.298 e. The van der Waals surface area contributed by atoms with Gasteiger partial charge in [0, 0.05) is 16.6 Å². The van der Waals surface area contributed by atoms with Gasteiger partial charge in [-0.25, -0.2) is 4.98 Å². The van der Waals surface area contributed by atoms with E-state index in [0.717, 1.165) is 4.88 Å². The molecule has 4 heteroatoms. The maximum Gasteiger partial charge on any atom is 0.257 e. The molecule has 1 amide bonds. The highest BCUT2D eigenvalue weighted by Gasteiger charge is 2.08. The van der Waals surface area contributed by atoms with E-state index in [1.165, 1.54) is 16.9 Å². The number of nitrogens with one attached hydrogen (secondary N) is 1. The number of nitrogens with zero attached hydrogens (tertiary/aromatic N) is 1. The molecule has 1 aromatic carbocycles. The molecule has 0 bridgehead atoms. The van der Waals surface area contributed by atoms with Crippen LogP contribution >= 0.6 is 11.3 Å². The van der Waals surface area contributed by atoms with E-state index in [2.05, 4.69) is 24.1 Å². The average molecular weight is 260 g/mol. The summed E-state index contributed by atoms with van der Waals surface area (Å²) in [5.41, 5.74) is 1.89. The highest BCUT2D eigenvalue weighted by Crippen LogP contribution is 2.18. The number of aromatic nitrogens is 1. The van der Waals surface area contributed by atoms with Gasteiger partial charge < -0.3 is 0 Å². The van der Waals surface area contributed by atoms with Gasteiger partial charge in [0.15, 0.2) is 5.13 Å². The first-order chi connectivity index (χ1) is 8.56. The summed E-state index contributed by atoms with van der Waals surface area (Å²) in [5.74, 6) is 0.364. The number of aryl methyl sites for hydroxylation is 1. The Morgan fingerprint density at radius 1 is 1.28 bits per heavy atom. The smallest absolute Gasteiger partial charge is 0.257 e. The van der Waals surface area contributed by atoms with E-state index in [4.69, 9.17) is 0 Å². The topological polar surface area (TPSA) is 42.0 Å². The first kappa shape index (κ1) is 12.8. The van der Waals surface area contributed by atoms with Crippen molar-refractivity contribution in [3.8, 4) is 0 Å². The summed E-state index contributed by atoms with van der Waals surface area (Å²) in [6.45, 7) is 6.23. The quantitative estimate of drug-likeness (QED) is 0.911. The van der Waals surface area contributed by atoms with Crippen molar-refractivity contribution in [1.29, 1.82) is 0 Å². The van der Waals surface area contributed by atoms with Crippen LogP contribution in [-0.2, 0) is 0 Å². The zero-order valence-corrected chi connectivity index (χ0v) is 11.5. The standard InChI is InChI=1S/C14H16N2OS/c1-9(2)11-4-6-12(7-5-11)13(17)16-14-15-8-10(3)18-14/h4-9H,1-3H3,(H,15,16,17). The molecule has 1 aromatic heterocycles. The second-order valence-corrected chi connectivity index (χ2v) is 5.74. The van der Waals surface area contributed by atoms with Gasteiger partial charge in [-0.1, -0.05) is 26.0 Å². The minimum absolute atomic E-state index is 0.111. The molecule has 2 rings (SSSR count). The third-order valence-corrected chi connectivity index (χ3v) is 3.51. The summed E-state index contributed by atoms with van der Waals surface area (Å²) in [5, 5.41) is 3.44. The molecule has 2 aromatic rings. The summed E-state index contributed by atoms with van der Waals surface area (Å²) >= 11 is 1.48. The van der Waals surface area contributed by atoms with Crippen molar-refractivity contribution < 1.29 is 4.79 Å². The van der Waals surface area contributed by atoms with Crippen LogP contribution in [0.1, 0.15) is 40.6 Å². The van der Waals surface area contributed by atoms with Crippen LogP contribution in [0, 0.1) is 6.92 Å². The van der Waals surface area contributed by atoms with Gasteiger partial charge in [-0.3, -0.25) is 10.1 Å². The Balaban J connectivity index is 2.09. The Labute approximate surface area is 111 Å². The van der Waals surface area contributed by atoms with Gasteiger partial charge in [-0.05, 0) is 30.5 Å². The molecule has 0 aliphatic rings. The molecule has 0 aliphatic heterocycles. The van der Waals surface area contributed by atoms with Crippen LogP contribution < -0.4 is 5.32 Å². The monoisotopic (exact) mass is 260 g/mol. The lowest BCUT2D eigenvalue weighted by molar-refractivity contribution is 0.102.